The van der Waals surface area contributed by atoms with Crippen molar-refractivity contribution in [3.8, 4) is 5.69 Å². The highest BCUT2D eigenvalue weighted by atomic mass is 79.9. The van der Waals surface area contributed by atoms with Gasteiger partial charge in [0, 0.05) is 28.0 Å². The van der Waals surface area contributed by atoms with Crippen LogP contribution in [0.15, 0.2) is 64.6 Å². The zero-order valence-corrected chi connectivity index (χ0v) is 19.9. The van der Waals surface area contributed by atoms with Crippen molar-refractivity contribution in [2.24, 2.45) is 0 Å². The van der Waals surface area contributed by atoms with Crippen LogP contribution < -0.4 is 10.2 Å². The highest BCUT2D eigenvalue weighted by Gasteiger charge is 2.34. The van der Waals surface area contributed by atoms with Gasteiger partial charge in [-0.2, -0.15) is 0 Å². The van der Waals surface area contributed by atoms with E-state index in [1.165, 1.54) is 23.1 Å². The number of nitro groups is 1. The van der Waals surface area contributed by atoms with Crippen molar-refractivity contribution < 1.29 is 14.5 Å². The van der Waals surface area contributed by atoms with Gasteiger partial charge in [0.15, 0.2) is 5.11 Å². The predicted octanol–water partition coefficient (Wildman–Crippen LogP) is 4.60. The normalized spacial score (nSPS) is 15.2. The van der Waals surface area contributed by atoms with Crippen molar-refractivity contribution in [1.82, 2.24) is 9.88 Å². The lowest BCUT2D eigenvalue weighted by molar-refractivity contribution is -0.384. The summed E-state index contributed by atoms with van der Waals surface area (Å²) in [6.07, 6.45) is 1.52. The first kappa shape index (κ1) is 22.6. The van der Waals surface area contributed by atoms with Gasteiger partial charge >= 0.3 is 0 Å². The Kier molecular flexibility index (Phi) is 5.96. The highest BCUT2D eigenvalue weighted by Crippen LogP contribution is 2.28. The molecule has 4 rings (SSSR count). The standard InChI is InChI=1S/C23H17BrN4O4S/c1-13-10-15(14(2)26(13)18-4-3-5-19(12-18)28(31)32)11-20-21(29)25-23(33)27(22(20)30)17-8-6-16(24)7-9-17/h3-12H,1-2H3,(H,25,29,33)/b20-11+. The summed E-state index contributed by atoms with van der Waals surface area (Å²) < 4.78 is 2.68. The van der Waals surface area contributed by atoms with Gasteiger partial charge in [-0.25, -0.2) is 0 Å². The van der Waals surface area contributed by atoms with Gasteiger partial charge < -0.3 is 4.57 Å². The van der Waals surface area contributed by atoms with Gasteiger partial charge in [0.1, 0.15) is 5.57 Å². The Bertz CT molecular complexity index is 1360. The third-order valence-electron chi connectivity index (χ3n) is 5.26. The number of anilines is 1. The molecular formula is C23H17BrN4O4S. The number of nitrogens with zero attached hydrogens (tertiary/aromatic N) is 3. The summed E-state index contributed by atoms with van der Waals surface area (Å²) in [5, 5.41) is 13.8. The molecule has 166 valence electrons. The van der Waals surface area contributed by atoms with Gasteiger partial charge in [-0.1, -0.05) is 22.0 Å². The highest BCUT2D eigenvalue weighted by molar-refractivity contribution is 9.10. The number of carbonyl (C=O) groups excluding carboxylic acids is 2. The van der Waals surface area contributed by atoms with E-state index in [1.807, 2.05) is 24.5 Å². The molecule has 1 aliphatic heterocycles. The van der Waals surface area contributed by atoms with Crippen LogP contribution in [-0.2, 0) is 9.59 Å². The molecule has 0 radical (unpaired) electrons. The fraction of sp³-hybridized carbons (Fsp3) is 0.0870. The number of nitro benzene ring substituents is 1. The summed E-state index contributed by atoms with van der Waals surface area (Å²) >= 11 is 8.59. The molecule has 1 fully saturated rings. The SMILES string of the molecule is Cc1cc(/C=C2\C(=O)NC(=S)N(c3ccc(Br)cc3)C2=O)c(C)n1-c1cccc([N+](=O)[O-])c1. The Hall–Kier alpha value is -3.63. The van der Waals surface area contributed by atoms with E-state index >= 15 is 0 Å². The van der Waals surface area contributed by atoms with Crippen molar-refractivity contribution in [1.29, 1.82) is 0 Å². The second-order valence-corrected chi connectivity index (χ2v) is 8.68. The molecule has 1 aliphatic rings. The first-order valence-corrected chi connectivity index (χ1v) is 11.0. The summed E-state index contributed by atoms with van der Waals surface area (Å²) in [6.45, 7) is 3.67. The maximum absolute atomic E-state index is 13.2. The van der Waals surface area contributed by atoms with Crippen LogP contribution >= 0.6 is 28.1 Å². The van der Waals surface area contributed by atoms with Crippen molar-refractivity contribution in [2.45, 2.75) is 13.8 Å². The number of amides is 2. The van der Waals surface area contributed by atoms with E-state index in [-0.39, 0.29) is 16.4 Å². The fourth-order valence-corrected chi connectivity index (χ4v) is 4.26. The topological polar surface area (TPSA) is 97.5 Å². The minimum atomic E-state index is -0.585. The predicted molar refractivity (Wildman–Crippen MR) is 132 cm³/mol. The molecule has 0 atom stereocenters. The van der Waals surface area contributed by atoms with Crippen LogP contribution in [0.3, 0.4) is 0 Å². The molecule has 1 aromatic heterocycles. The summed E-state index contributed by atoms with van der Waals surface area (Å²) in [4.78, 5) is 37.9. The summed E-state index contributed by atoms with van der Waals surface area (Å²) in [7, 11) is 0. The Morgan fingerprint density at radius 1 is 1.06 bits per heavy atom. The van der Waals surface area contributed by atoms with Gasteiger partial charge in [-0.3, -0.25) is 29.9 Å². The van der Waals surface area contributed by atoms with Crippen LogP contribution in [0.1, 0.15) is 17.0 Å². The van der Waals surface area contributed by atoms with Crippen molar-refractivity contribution in [2.75, 3.05) is 4.90 Å². The lowest BCUT2D eigenvalue weighted by atomic mass is 10.1. The first-order valence-electron chi connectivity index (χ1n) is 9.78. The molecular weight excluding hydrogens is 508 g/mol. The average molecular weight is 525 g/mol. The van der Waals surface area contributed by atoms with Crippen LogP contribution in [0.5, 0.6) is 0 Å². The Balaban J connectivity index is 1.76. The van der Waals surface area contributed by atoms with Crippen LogP contribution in [0, 0.1) is 24.0 Å². The Morgan fingerprint density at radius 2 is 1.76 bits per heavy atom. The minimum absolute atomic E-state index is 0.00606. The maximum atomic E-state index is 13.2. The summed E-state index contributed by atoms with van der Waals surface area (Å²) in [6, 6.07) is 15.1. The number of carbonyl (C=O) groups is 2. The van der Waals surface area contributed by atoms with Gasteiger partial charge in [0.2, 0.25) is 0 Å². The third kappa shape index (κ3) is 4.22. The van der Waals surface area contributed by atoms with Crippen LogP contribution in [0.4, 0.5) is 11.4 Å². The van der Waals surface area contributed by atoms with E-state index in [4.69, 9.17) is 12.2 Å². The molecule has 0 unspecified atom stereocenters. The molecule has 1 N–H and O–H groups in total. The number of hydrogen-bond donors (Lipinski definition) is 1. The molecule has 33 heavy (non-hydrogen) atoms. The van der Waals surface area contributed by atoms with Crippen molar-refractivity contribution in [3.05, 3.63) is 91.7 Å². The molecule has 2 aromatic carbocycles. The first-order chi connectivity index (χ1) is 15.7. The lowest BCUT2D eigenvalue weighted by Crippen LogP contribution is -2.54. The monoisotopic (exact) mass is 524 g/mol. The number of aromatic nitrogens is 1. The molecule has 0 bridgehead atoms. The number of non-ortho nitro benzene ring substituents is 1. The van der Waals surface area contributed by atoms with Gasteiger partial charge in [-0.15, -0.1) is 0 Å². The smallest absolute Gasteiger partial charge is 0.271 e. The van der Waals surface area contributed by atoms with E-state index in [0.29, 0.717) is 16.9 Å². The van der Waals surface area contributed by atoms with E-state index in [9.17, 15) is 19.7 Å². The summed E-state index contributed by atoms with van der Waals surface area (Å²) in [5.74, 6) is -1.12. The van der Waals surface area contributed by atoms with Crippen LogP contribution in [0.25, 0.3) is 11.8 Å². The zero-order chi connectivity index (χ0) is 23.9. The summed E-state index contributed by atoms with van der Waals surface area (Å²) in [5.41, 5.74) is 3.21. The number of nitrogens with one attached hydrogen (secondary N) is 1. The van der Waals surface area contributed by atoms with Crippen molar-refractivity contribution >= 4 is 62.5 Å². The number of aryl methyl sites for hydroxylation is 1. The second-order valence-electron chi connectivity index (χ2n) is 7.37. The largest absolute Gasteiger partial charge is 0.318 e. The number of thiocarbonyl (C=S) groups is 1. The number of benzene rings is 2. The number of halogens is 1. The molecule has 2 amide bonds. The zero-order valence-electron chi connectivity index (χ0n) is 17.5. The fourth-order valence-electron chi connectivity index (χ4n) is 3.71. The van der Waals surface area contributed by atoms with Crippen LogP contribution in [-0.4, -0.2) is 26.4 Å². The van der Waals surface area contributed by atoms with E-state index in [1.54, 1.807) is 36.4 Å². The van der Waals surface area contributed by atoms with E-state index < -0.39 is 16.7 Å². The molecule has 3 aromatic rings. The lowest BCUT2D eigenvalue weighted by Gasteiger charge is -2.29. The van der Waals surface area contributed by atoms with Gasteiger partial charge in [0.25, 0.3) is 17.5 Å². The third-order valence-corrected chi connectivity index (χ3v) is 6.07. The van der Waals surface area contributed by atoms with Crippen molar-refractivity contribution in [3.63, 3.8) is 0 Å². The number of hydrogen-bond acceptors (Lipinski definition) is 5. The second kappa shape index (κ2) is 8.72. The quantitative estimate of drug-likeness (QED) is 0.177. The molecule has 1 saturated heterocycles. The average Bonchev–Trinajstić information content (AvgIpc) is 3.05. The number of rotatable bonds is 4. The molecule has 10 heteroatoms. The molecule has 0 saturated carbocycles. The van der Waals surface area contributed by atoms with E-state index in [0.717, 1.165) is 15.9 Å². The Morgan fingerprint density at radius 3 is 2.42 bits per heavy atom. The Labute approximate surface area is 202 Å². The molecule has 0 aliphatic carbocycles. The van der Waals surface area contributed by atoms with Gasteiger partial charge in [-0.05, 0) is 74.1 Å². The molecule has 0 spiro atoms. The van der Waals surface area contributed by atoms with Crippen LogP contribution in [0.2, 0.25) is 0 Å². The minimum Gasteiger partial charge on any atom is -0.318 e. The van der Waals surface area contributed by atoms with Gasteiger partial charge in [0.05, 0.1) is 16.3 Å². The van der Waals surface area contributed by atoms with E-state index in [2.05, 4.69) is 21.2 Å². The molecule has 2 heterocycles. The molecule has 8 nitrogen and oxygen atoms in total. The maximum Gasteiger partial charge on any atom is 0.271 e.